The van der Waals surface area contributed by atoms with Crippen LogP contribution in [-0.4, -0.2) is 31.6 Å². The lowest BCUT2D eigenvalue weighted by atomic mass is 9.88. The van der Waals surface area contributed by atoms with Crippen LogP contribution >= 0.6 is 15.9 Å². The number of hydrogen-bond acceptors (Lipinski definition) is 2. The van der Waals surface area contributed by atoms with Crippen LogP contribution in [0.3, 0.4) is 0 Å². The quantitative estimate of drug-likeness (QED) is 0.842. The van der Waals surface area contributed by atoms with Crippen molar-refractivity contribution in [2.24, 2.45) is 5.92 Å². The van der Waals surface area contributed by atoms with Crippen LogP contribution in [0, 0.1) is 11.7 Å². The van der Waals surface area contributed by atoms with Gasteiger partial charge in [-0.2, -0.15) is 0 Å². The zero-order valence-electron chi connectivity index (χ0n) is 13.0. The van der Waals surface area contributed by atoms with Gasteiger partial charge in [0.25, 0.3) is 0 Å². The van der Waals surface area contributed by atoms with Crippen LogP contribution in [0.25, 0.3) is 0 Å². The van der Waals surface area contributed by atoms with Gasteiger partial charge in [-0.05, 0) is 64.0 Å². The second-order valence-electron chi connectivity index (χ2n) is 5.96. The number of nitrogens with one attached hydrogen (secondary N) is 1. The van der Waals surface area contributed by atoms with E-state index in [-0.39, 0.29) is 11.9 Å². The predicted molar refractivity (Wildman–Crippen MR) is 90.0 cm³/mol. The summed E-state index contributed by atoms with van der Waals surface area (Å²) in [6, 6.07) is 5.71. The first-order chi connectivity index (χ1) is 10.2. The summed E-state index contributed by atoms with van der Waals surface area (Å²) in [4.78, 5) is 2.49. The molecule has 0 radical (unpaired) electrons. The molecule has 1 aliphatic rings. The van der Waals surface area contributed by atoms with Crippen molar-refractivity contribution in [2.45, 2.75) is 38.6 Å². The van der Waals surface area contributed by atoms with Gasteiger partial charge in [-0.25, -0.2) is 4.39 Å². The molecule has 0 spiro atoms. The first-order valence-corrected chi connectivity index (χ1v) is 8.80. The molecule has 1 aliphatic heterocycles. The molecule has 4 heteroatoms. The summed E-state index contributed by atoms with van der Waals surface area (Å²) in [5.74, 6) is 0.387. The summed E-state index contributed by atoms with van der Waals surface area (Å²) in [6.45, 7) is 5.27. The van der Waals surface area contributed by atoms with Crippen molar-refractivity contribution < 1.29 is 4.39 Å². The Hall–Kier alpha value is -0.450. The summed E-state index contributed by atoms with van der Waals surface area (Å²) in [7, 11) is 1.99. The fourth-order valence-corrected chi connectivity index (χ4v) is 3.86. The highest BCUT2D eigenvalue weighted by molar-refractivity contribution is 9.10. The van der Waals surface area contributed by atoms with Crippen molar-refractivity contribution >= 4 is 15.9 Å². The van der Waals surface area contributed by atoms with E-state index in [4.69, 9.17) is 0 Å². The first-order valence-electron chi connectivity index (χ1n) is 8.01. The number of hydrogen-bond donors (Lipinski definition) is 1. The largest absolute Gasteiger partial charge is 0.319 e. The van der Waals surface area contributed by atoms with E-state index < -0.39 is 0 Å². The fourth-order valence-electron chi connectivity index (χ4n) is 3.52. The molecule has 2 nitrogen and oxygen atoms in total. The number of halogens is 2. The monoisotopic (exact) mass is 356 g/mol. The Labute approximate surface area is 136 Å². The number of benzene rings is 1. The van der Waals surface area contributed by atoms with Crippen LogP contribution in [0.1, 0.15) is 44.2 Å². The average Bonchev–Trinajstić information content (AvgIpc) is 2.63. The van der Waals surface area contributed by atoms with Crippen LogP contribution in [0.15, 0.2) is 22.7 Å². The Morgan fingerprint density at radius 2 is 2.19 bits per heavy atom. The van der Waals surface area contributed by atoms with Crippen molar-refractivity contribution in [3.63, 3.8) is 0 Å². The van der Waals surface area contributed by atoms with Gasteiger partial charge in [0, 0.05) is 16.1 Å². The van der Waals surface area contributed by atoms with E-state index in [0.29, 0.717) is 5.92 Å². The maximum Gasteiger partial charge on any atom is 0.129 e. The molecule has 1 saturated heterocycles. The molecule has 0 bridgehead atoms. The van der Waals surface area contributed by atoms with Crippen LogP contribution in [-0.2, 0) is 0 Å². The van der Waals surface area contributed by atoms with E-state index >= 15 is 0 Å². The van der Waals surface area contributed by atoms with Gasteiger partial charge in [0.15, 0.2) is 0 Å². The third kappa shape index (κ3) is 4.27. The highest BCUT2D eigenvalue weighted by atomic mass is 79.9. The molecule has 118 valence electrons. The summed E-state index contributed by atoms with van der Waals surface area (Å²) in [5.41, 5.74) is 0.855. The van der Waals surface area contributed by atoms with Gasteiger partial charge in [0.05, 0.1) is 0 Å². The Kier molecular flexibility index (Phi) is 6.65. The summed E-state index contributed by atoms with van der Waals surface area (Å²) >= 11 is 3.36. The number of likely N-dealkylation sites (tertiary alicyclic amines) is 1. The summed E-state index contributed by atoms with van der Waals surface area (Å²) in [5, 5.41) is 3.30. The molecular weight excluding hydrogens is 331 g/mol. The highest BCUT2D eigenvalue weighted by Gasteiger charge is 2.32. The van der Waals surface area contributed by atoms with Gasteiger partial charge in [-0.15, -0.1) is 0 Å². The maximum atomic E-state index is 14.5. The topological polar surface area (TPSA) is 15.3 Å². The minimum Gasteiger partial charge on any atom is -0.319 e. The van der Waals surface area contributed by atoms with E-state index in [1.54, 1.807) is 6.07 Å². The Balaban J connectivity index is 2.37. The second-order valence-corrected chi connectivity index (χ2v) is 6.88. The van der Waals surface area contributed by atoms with Crippen molar-refractivity contribution in [3.05, 3.63) is 34.1 Å². The molecule has 0 aliphatic carbocycles. The standard InChI is InChI=1S/C17H26BrFN2/c1-3-9-21-10-5-4-6-13(12-20-2)17(21)15-8-7-14(18)11-16(15)19/h7-8,11,13,17,20H,3-6,9-10,12H2,1-2H3. The Morgan fingerprint density at radius 3 is 2.86 bits per heavy atom. The lowest BCUT2D eigenvalue weighted by molar-refractivity contribution is 0.151. The fraction of sp³-hybridized carbons (Fsp3) is 0.647. The average molecular weight is 357 g/mol. The smallest absolute Gasteiger partial charge is 0.129 e. The maximum absolute atomic E-state index is 14.5. The Morgan fingerprint density at radius 1 is 1.38 bits per heavy atom. The Bertz CT molecular complexity index is 436. The first kappa shape index (κ1) is 16.9. The normalized spacial score (nSPS) is 24.0. The lowest BCUT2D eigenvalue weighted by Crippen LogP contribution is -2.37. The van der Waals surface area contributed by atoms with Crippen molar-refractivity contribution in [2.75, 3.05) is 26.7 Å². The minimum absolute atomic E-state index is 0.0847. The zero-order valence-corrected chi connectivity index (χ0v) is 14.6. The third-order valence-corrected chi connectivity index (χ3v) is 4.86. The molecule has 2 atom stereocenters. The van der Waals surface area contributed by atoms with Gasteiger partial charge < -0.3 is 5.32 Å². The van der Waals surface area contributed by atoms with Gasteiger partial charge in [0.1, 0.15) is 5.82 Å². The van der Waals surface area contributed by atoms with Gasteiger partial charge in [-0.3, -0.25) is 4.90 Å². The predicted octanol–water partition coefficient (Wildman–Crippen LogP) is 4.36. The minimum atomic E-state index is -0.0847. The molecule has 0 saturated carbocycles. The van der Waals surface area contributed by atoms with E-state index in [1.165, 1.54) is 19.3 Å². The molecule has 0 aromatic heterocycles. The molecule has 1 heterocycles. The summed E-state index contributed by atoms with van der Waals surface area (Å²) < 4.78 is 15.3. The van der Waals surface area contributed by atoms with Gasteiger partial charge in [0.2, 0.25) is 0 Å². The molecule has 1 aromatic rings. The molecule has 2 rings (SSSR count). The SMILES string of the molecule is CCCN1CCCCC(CNC)C1c1ccc(Br)cc1F. The van der Waals surface area contributed by atoms with Crippen molar-refractivity contribution in [1.82, 2.24) is 10.2 Å². The molecule has 21 heavy (non-hydrogen) atoms. The molecular formula is C17H26BrFN2. The molecule has 0 amide bonds. The molecule has 1 fully saturated rings. The van der Waals surface area contributed by atoms with E-state index in [2.05, 4.69) is 33.1 Å². The number of nitrogens with zero attached hydrogens (tertiary/aromatic N) is 1. The van der Waals surface area contributed by atoms with Gasteiger partial charge in [-0.1, -0.05) is 35.3 Å². The van der Waals surface area contributed by atoms with Crippen LogP contribution in [0.4, 0.5) is 4.39 Å². The molecule has 1 N–H and O–H groups in total. The second kappa shape index (κ2) is 8.25. The highest BCUT2D eigenvalue weighted by Crippen LogP contribution is 2.36. The molecule has 2 unspecified atom stereocenters. The van der Waals surface area contributed by atoms with Crippen LogP contribution in [0.5, 0.6) is 0 Å². The van der Waals surface area contributed by atoms with E-state index in [0.717, 1.165) is 36.1 Å². The summed E-state index contributed by atoms with van der Waals surface area (Å²) in [6.07, 6.45) is 4.73. The molecule has 1 aromatic carbocycles. The van der Waals surface area contributed by atoms with Gasteiger partial charge >= 0.3 is 0 Å². The number of rotatable bonds is 5. The van der Waals surface area contributed by atoms with Crippen LogP contribution in [0.2, 0.25) is 0 Å². The van der Waals surface area contributed by atoms with E-state index in [9.17, 15) is 4.39 Å². The van der Waals surface area contributed by atoms with E-state index in [1.807, 2.05) is 19.2 Å². The van der Waals surface area contributed by atoms with Crippen molar-refractivity contribution in [1.29, 1.82) is 0 Å². The van der Waals surface area contributed by atoms with Crippen LogP contribution < -0.4 is 5.32 Å². The van der Waals surface area contributed by atoms with Crippen molar-refractivity contribution in [3.8, 4) is 0 Å². The lowest BCUT2D eigenvalue weighted by Gasteiger charge is -2.35. The third-order valence-electron chi connectivity index (χ3n) is 4.37. The zero-order chi connectivity index (χ0) is 15.2.